The normalized spacial score (nSPS) is 18.1. The SMILES string of the molecule is COCCCCCNC1(CC(=O)O)CNC1. The summed E-state index contributed by atoms with van der Waals surface area (Å²) in [5.74, 6) is -0.728. The second-order valence-corrected chi connectivity index (χ2v) is 4.43. The van der Waals surface area contributed by atoms with Gasteiger partial charge in [-0.05, 0) is 25.8 Å². The van der Waals surface area contributed by atoms with E-state index in [0.29, 0.717) is 0 Å². The van der Waals surface area contributed by atoms with Crippen LogP contribution >= 0.6 is 0 Å². The van der Waals surface area contributed by atoms with E-state index in [1.54, 1.807) is 7.11 Å². The lowest BCUT2D eigenvalue weighted by molar-refractivity contribution is -0.139. The van der Waals surface area contributed by atoms with E-state index in [2.05, 4.69) is 10.6 Å². The van der Waals surface area contributed by atoms with E-state index >= 15 is 0 Å². The van der Waals surface area contributed by atoms with Gasteiger partial charge in [0, 0.05) is 26.8 Å². The van der Waals surface area contributed by atoms with Crippen LogP contribution in [-0.4, -0.2) is 50.0 Å². The molecule has 0 aromatic rings. The zero-order valence-electron chi connectivity index (χ0n) is 9.92. The molecular weight excluding hydrogens is 208 g/mol. The quantitative estimate of drug-likeness (QED) is 0.494. The van der Waals surface area contributed by atoms with E-state index in [4.69, 9.17) is 9.84 Å². The zero-order valence-corrected chi connectivity index (χ0v) is 9.92. The Balaban J connectivity index is 2.07. The predicted molar refractivity (Wildman–Crippen MR) is 61.6 cm³/mol. The van der Waals surface area contributed by atoms with E-state index in [9.17, 15) is 4.79 Å². The van der Waals surface area contributed by atoms with Crippen LogP contribution in [-0.2, 0) is 9.53 Å². The lowest BCUT2D eigenvalue weighted by atomic mass is 9.88. The number of nitrogens with one attached hydrogen (secondary N) is 2. The van der Waals surface area contributed by atoms with Gasteiger partial charge >= 0.3 is 5.97 Å². The molecule has 0 aliphatic carbocycles. The molecule has 1 fully saturated rings. The van der Waals surface area contributed by atoms with Gasteiger partial charge in [0.2, 0.25) is 0 Å². The lowest BCUT2D eigenvalue weighted by Crippen LogP contribution is -2.68. The highest BCUT2D eigenvalue weighted by atomic mass is 16.5. The maximum absolute atomic E-state index is 10.7. The van der Waals surface area contributed by atoms with Crippen LogP contribution in [0.4, 0.5) is 0 Å². The molecule has 1 rings (SSSR count). The largest absolute Gasteiger partial charge is 0.481 e. The number of carbonyl (C=O) groups is 1. The van der Waals surface area contributed by atoms with Gasteiger partial charge in [0.15, 0.2) is 0 Å². The smallest absolute Gasteiger partial charge is 0.305 e. The monoisotopic (exact) mass is 230 g/mol. The van der Waals surface area contributed by atoms with Crippen LogP contribution in [0.25, 0.3) is 0 Å². The Bertz CT molecular complexity index is 217. The molecule has 0 radical (unpaired) electrons. The highest BCUT2D eigenvalue weighted by Gasteiger charge is 2.38. The fourth-order valence-electron chi connectivity index (χ4n) is 1.93. The predicted octanol–water partition coefficient (Wildman–Crippen LogP) is 0.209. The van der Waals surface area contributed by atoms with Crippen molar-refractivity contribution in [3.8, 4) is 0 Å². The summed E-state index contributed by atoms with van der Waals surface area (Å²) in [7, 11) is 1.71. The summed E-state index contributed by atoms with van der Waals surface area (Å²) < 4.78 is 4.97. The summed E-state index contributed by atoms with van der Waals surface area (Å²) in [5.41, 5.74) is -0.201. The van der Waals surface area contributed by atoms with Gasteiger partial charge in [-0.1, -0.05) is 0 Å². The number of carboxylic acid groups (broad SMARTS) is 1. The molecule has 5 heteroatoms. The molecule has 3 N–H and O–H groups in total. The molecule has 0 saturated carbocycles. The summed E-state index contributed by atoms with van der Waals surface area (Å²) in [4.78, 5) is 10.7. The number of ether oxygens (including phenoxy) is 1. The topological polar surface area (TPSA) is 70.6 Å². The van der Waals surface area contributed by atoms with Crippen molar-refractivity contribution < 1.29 is 14.6 Å². The molecule has 1 aliphatic rings. The number of rotatable bonds is 9. The van der Waals surface area contributed by atoms with Gasteiger partial charge in [0.05, 0.1) is 12.0 Å². The van der Waals surface area contributed by atoms with Crippen molar-refractivity contribution in [2.24, 2.45) is 0 Å². The molecule has 0 bridgehead atoms. The average molecular weight is 230 g/mol. The first-order valence-electron chi connectivity index (χ1n) is 5.85. The van der Waals surface area contributed by atoms with Crippen molar-refractivity contribution in [1.82, 2.24) is 10.6 Å². The third kappa shape index (κ3) is 4.47. The van der Waals surface area contributed by atoms with Crippen LogP contribution < -0.4 is 10.6 Å². The number of aliphatic carboxylic acids is 1. The third-order valence-corrected chi connectivity index (χ3v) is 2.94. The maximum atomic E-state index is 10.7. The highest BCUT2D eigenvalue weighted by molar-refractivity contribution is 5.68. The van der Waals surface area contributed by atoms with Crippen LogP contribution in [0.5, 0.6) is 0 Å². The molecule has 0 spiro atoms. The van der Waals surface area contributed by atoms with Crippen LogP contribution in [0, 0.1) is 0 Å². The molecule has 0 atom stereocenters. The van der Waals surface area contributed by atoms with Crippen molar-refractivity contribution in [2.75, 3.05) is 33.4 Å². The van der Waals surface area contributed by atoms with Gasteiger partial charge in [-0.2, -0.15) is 0 Å². The molecule has 16 heavy (non-hydrogen) atoms. The Hall–Kier alpha value is -0.650. The lowest BCUT2D eigenvalue weighted by Gasteiger charge is -2.42. The maximum Gasteiger partial charge on any atom is 0.305 e. The Labute approximate surface area is 96.6 Å². The van der Waals surface area contributed by atoms with Gasteiger partial charge in [-0.3, -0.25) is 4.79 Å². The minimum Gasteiger partial charge on any atom is -0.481 e. The summed E-state index contributed by atoms with van der Waals surface area (Å²) in [5, 5.41) is 15.3. The first-order chi connectivity index (χ1) is 7.68. The van der Waals surface area contributed by atoms with Crippen LogP contribution in [0.3, 0.4) is 0 Å². The molecule has 0 unspecified atom stereocenters. The summed E-state index contributed by atoms with van der Waals surface area (Å²) in [6.07, 6.45) is 3.47. The van der Waals surface area contributed by atoms with Crippen LogP contribution in [0.1, 0.15) is 25.7 Å². The van der Waals surface area contributed by atoms with Crippen LogP contribution in [0.15, 0.2) is 0 Å². The molecule has 0 aromatic carbocycles. The standard InChI is InChI=1S/C11H22N2O3/c1-16-6-4-2-3-5-13-11(7-10(14)15)8-12-9-11/h12-13H,2-9H2,1H3,(H,14,15). The van der Waals surface area contributed by atoms with Gasteiger partial charge < -0.3 is 20.5 Å². The summed E-state index contributed by atoms with van der Waals surface area (Å²) >= 11 is 0. The van der Waals surface area contributed by atoms with E-state index < -0.39 is 5.97 Å². The molecule has 1 heterocycles. The first kappa shape index (κ1) is 13.4. The Morgan fingerprint density at radius 1 is 1.44 bits per heavy atom. The van der Waals surface area contributed by atoms with E-state index in [1.807, 2.05) is 0 Å². The second-order valence-electron chi connectivity index (χ2n) is 4.43. The van der Waals surface area contributed by atoms with E-state index in [-0.39, 0.29) is 12.0 Å². The van der Waals surface area contributed by atoms with Gasteiger partial charge in [-0.25, -0.2) is 0 Å². The average Bonchev–Trinajstić information content (AvgIpc) is 2.18. The van der Waals surface area contributed by atoms with Crippen molar-refractivity contribution in [2.45, 2.75) is 31.2 Å². The number of methoxy groups -OCH3 is 1. The fourth-order valence-corrected chi connectivity index (χ4v) is 1.93. The Kier molecular flexibility index (Phi) is 5.73. The van der Waals surface area contributed by atoms with E-state index in [1.165, 1.54) is 0 Å². The van der Waals surface area contributed by atoms with Crippen molar-refractivity contribution in [3.63, 3.8) is 0 Å². The fraction of sp³-hybridized carbons (Fsp3) is 0.909. The third-order valence-electron chi connectivity index (χ3n) is 2.94. The van der Waals surface area contributed by atoms with Crippen molar-refractivity contribution in [3.05, 3.63) is 0 Å². The minimum atomic E-state index is -0.728. The number of hydrogen-bond donors (Lipinski definition) is 3. The molecule has 1 aliphatic heterocycles. The Morgan fingerprint density at radius 2 is 2.19 bits per heavy atom. The second kappa shape index (κ2) is 6.83. The van der Waals surface area contributed by atoms with Gasteiger partial charge in [0.25, 0.3) is 0 Å². The van der Waals surface area contributed by atoms with Gasteiger partial charge in [0.1, 0.15) is 0 Å². The molecule has 1 saturated heterocycles. The Morgan fingerprint density at radius 3 is 2.69 bits per heavy atom. The van der Waals surface area contributed by atoms with Crippen LogP contribution in [0.2, 0.25) is 0 Å². The number of hydrogen-bond acceptors (Lipinski definition) is 4. The molecule has 5 nitrogen and oxygen atoms in total. The molecule has 0 amide bonds. The first-order valence-corrected chi connectivity index (χ1v) is 5.85. The molecular formula is C11H22N2O3. The number of unbranched alkanes of at least 4 members (excludes halogenated alkanes) is 2. The molecule has 94 valence electrons. The summed E-state index contributed by atoms with van der Waals surface area (Å²) in [6, 6.07) is 0. The minimum absolute atomic E-state index is 0.201. The zero-order chi connectivity index (χ0) is 11.9. The molecule has 0 aromatic heterocycles. The highest BCUT2D eigenvalue weighted by Crippen LogP contribution is 2.15. The van der Waals surface area contributed by atoms with Gasteiger partial charge in [-0.15, -0.1) is 0 Å². The summed E-state index contributed by atoms with van der Waals surface area (Å²) in [6.45, 7) is 3.22. The van der Waals surface area contributed by atoms with Crippen molar-refractivity contribution in [1.29, 1.82) is 0 Å². The van der Waals surface area contributed by atoms with Crippen molar-refractivity contribution >= 4 is 5.97 Å². The van der Waals surface area contributed by atoms with E-state index in [0.717, 1.165) is 45.5 Å². The number of carboxylic acids is 1.